The molecule has 3 amide bonds. The third-order valence-electron chi connectivity index (χ3n) is 7.71. The van der Waals surface area contributed by atoms with Gasteiger partial charge in [-0.15, -0.1) is 0 Å². The van der Waals surface area contributed by atoms with E-state index >= 15 is 0 Å². The van der Waals surface area contributed by atoms with E-state index in [-0.39, 0.29) is 18.0 Å². The van der Waals surface area contributed by atoms with Gasteiger partial charge in [0, 0.05) is 16.9 Å². The second kappa shape index (κ2) is 18.6. The molecule has 0 bridgehead atoms. The van der Waals surface area contributed by atoms with Gasteiger partial charge in [-0.05, 0) is 98.1 Å². The molecule has 3 N–H and O–H groups in total. The maximum absolute atomic E-state index is 13.0. The largest absolute Gasteiger partial charge is 0.494 e. The Hall–Kier alpha value is -5.64. The fraction of sp³-hybridized carbons (Fsp3) is 0.282. The van der Waals surface area contributed by atoms with Gasteiger partial charge in [-0.25, -0.2) is 9.59 Å². The number of amides is 3. The molecule has 0 saturated heterocycles. The number of rotatable bonds is 17. The lowest BCUT2D eigenvalue weighted by Gasteiger charge is -2.17. The SMILES string of the molecule is CCCCCCCOc1ccc(C(=O)Oc2ccc(CC(NC(=O)c3ccc(NC(=O)Nc4ccccc4)cc3)C(C)=O)cc2OC)cc1. The summed E-state index contributed by atoms with van der Waals surface area (Å²) in [5.41, 5.74) is 2.52. The molecular weight excluding hydrogens is 622 g/mol. The van der Waals surface area contributed by atoms with Crippen molar-refractivity contribution in [1.29, 1.82) is 0 Å². The number of hydrogen-bond acceptors (Lipinski definition) is 7. The molecule has 0 aliphatic heterocycles. The van der Waals surface area contributed by atoms with Gasteiger partial charge in [-0.2, -0.15) is 0 Å². The Labute approximate surface area is 287 Å². The lowest BCUT2D eigenvalue weighted by molar-refractivity contribution is -0.118. The van der Waals surface area contributed by atoms with E-state index in [9.17, 15) is 19.2 Å². The first-order valence-corrected chi connectivity index (χ1v) is 16.4. The van der Waals surface area contributed by atoms with E-state index in [4.69, 9.17) is 14.2 Å². The van der Waals surface area contributed by atoms with Gasteiger partial charge < -0.3 is 30.2 Å². The fourth-order valence-electron chi connectivity index (χ4n) is 4.96. The Bertz CT molecular complexity index is 1690. The van der Waals surface area contributed by atoms with Crippen molar-refractivity contribution in [1.82, 2.24) is 5.32 Å². The Morgan fingerprint density at radius 1 is 0.714 bits per heavy atom. The first kappa shape index (κ1) is 36.2. The molecule has 10 nitrogen and oxygen atoms in total. The van der Waals surface area contributed by atoms with Gasteiger partial charge in [-0.1, -0.05) is 56.9 Å². The Balaban J connectivity index is 1.30. The van der Waals surface area contributed by atoms with Gasteiger partial charge >= 0.3 is 12.0 Å². The quantitative estimate of drug-likeness (QED) is 0.0595. The number of hydrogen-bond donors (Lipinski definition) is 3. The van der Waals surface area contributed by atoms with Gasteiger partial charge in [0.2, 0.25) is 0 Å². The summed E-state index contributed by atoms with van der Waals surface area (Å²) in [7, 11) is 1.46. The van der Waals surface area contributed by atoms with Crippen LogP contribution in [0.5, 0.6) is 17.2 Å². The number of anilines is 2. The molecule has 4 aromatic rings. The minimum atomic E-state index is -0.822. The van der Waals surface area contributed by atoms with Crippen molar-refractivity contribution >= 4 is 35.1 Å². The highest BCUT2D eigenvalue weighted by molar-refractivity contribution is 6.01. The molecule has 0 fully saturated rings. The fourth-order valence-corrected chi connectivity index (χ4v) is 4.96. The van der Waals surface area contributed by atoms with Gasteiger partial charge in [0.1, 0.15) is 5.75 Å². The average molecular weight is 666 g/mol. The van der Waals surface area contributed by atoms with E-state index in [1.54, 1.807) is 78.9 Å². The van der Waals surface area contributed by atoms with Crippen LogP contribution in [0.25, 0.3) is 0 Å². The average Bonchev–Trinajstić information content (AvgIpc) is 3.10. The van der Waals surface area contributed by atoms with Crippen LogP contribution in [0.3, 0.4) is 0 Å². The molecule has 0 aromatic heterocycles. The number of ether oxygens (including phenoxy) is 3. The lowest BCUT2D eigenvalue weighted by atomic mass is 10.0. The van der Waals surface area contributed by atoms with Gasteiger partial charge in [0.15, 0.2) is 17.3 Å². The van der Waals surface area contributed by atoms with Gasteiger partial charge in [-0.3, -0.25) is 9.59 Å². The van der Waals surface area contributed by atoms with Crippen LogP contribution in [0, 0.1) is 0 Å². The van der Waals surface area contributed by atoms with E-state index in [0.717, 1.165) is 12.8 Å². The number of nitrogens with one attached hydrogen (secondary N) is 3. The number of carbonyl (C=O) groups is 4. The molecule has 0 aliphatic carbocycles. The highest BCUT2D eigenvalue weighted by Gasteiger charge is 2.21. The number of benzene rings is 4. The molecule has 1 unspecified atom stereocenters. The number of urea groups is 1. The molecule has 0 radical (unpaired) electrons. The van der Waals surface area contributed by atoms with Crippen LogP contribution in [0.2, 0.25) is 0 Å². The third-order valence-corrected chi connectivity index (χ3v) is 7.71. The summed E-state index contributed by atoms with van der Waals surface area (Å²) in [6, 6.07) is 25.9. The van der Waals surface area contributed by atoms with Crippen molar-refractivity contribution in [3.8, 4) is 17.2 Å². The minimum absolute atomic E-state index is 0.186. The first-order chi connectivity index (χ1) is 23.7. The molecule has 0 saturated carbocycles. The van der Waals surface area contributed by atoms with E-state index in [2.05, 4.69) is 22.9 Å². The second-order valence-corrected chi connectivity index (χ2v) is 11.5. The van der Waals surface area contributed by atoms with Crippen molar-refractivity contribution < 1.29 is 33.4 Å². The van der Waals surface area contributed by atoms with E-state index < -0.39 is 23.9 Å². The normalized spacial score (nSPS) is 11.2. The molecule has 0 heterocycles. The number of unbranched alkanes of at least 4 members (excludes halogenated alkanes) is 4. The van der Waals surface area contributed by atoms with Crippen LogP contribution >= 0.6 is 0 Å². The second-order valence-electron chi connectivity index (χ2n) is 11.5. The monoisotopic (exact) mass is 665 g/mol. The Kier molecular flexibility index (Phi) is 13.8. The van der Waals surface area contributed by atoms with Crippen molar-refractivity contribution in [3.05, 3.63) is 114 Å². The topological polar surface area (TPSA) is 132 Å². The zero-order valence-electron chi connectivity index (χ0n) is 28.1. The van der Waals surface area contributed by atoms with Crippen molar-refractivity contribution in [2.75, 3.05) is 24.4 Å². The summed E-state index contributed by atoms with van der Waals surface area (Å²) < 4.78 is 16.9. The summed E-state index contributed by atoms with van der Waals surface area (Å²) in [5, 5.41) is 8.23. The number of methoxy groups -OCH3 is 1. The van der Waals surface area contributed by atoms with E-state index in [1.807, 2.05) is 18.2 Å². The number of carbonyl (C=O) groups excluding carboxylic acids is 4. The maximum atomic E-state index is 13.0. The summed E-state index contributed by atoms with van der Waals surface area (Å²) in [6.07, 6.45) is 5.95. The summed E-state index contributed by atoms with van der Waals surface area (Å²) in [6.45, 7) is 4.22. The van der Waals surface area contributed by atoms with Crippen molar-refractivity contribution in [2.24, 2.45) is 0 Å². The van der Waals surface area contributed by atoms with Crippen LogP contribution in [-0.4, -0.2) is 43.4 Å². The van der Waals surface area contributed by atoms with Gasteiger partial charge in [0.25, 0.3) is 5.91 Å². The predicted octanol–water partition coefficient (Wildman–Crippen LogP) is 7.84. The highest BCUT2D eigenvalue weighted by atomic mass is 16.6. The number of ketones is 1. The highest BCUT2D eigenvalue weighted by Crippen LogP contribution is 2.30. The smallest absolute Gasteiger partial charge is 0.343 e. The third kappa shape index (κ3) is 11.5. The maximum Gasteiger partial charge on any atom is 0.343 e. The first-order valence-electron chi connectivity index (χ1n) is 16.4. The summed E-state index contributed by atoms with van der Waals surface area (Å²) in [5.74, 6) is -0.00751. The molecule has 10 heteroatoms. The molecule has 4 aromatic carbocycles. The van der Waals surface area contributed by atoms with E-state index in [1.165, 1.54) is 33.3 Å². The Morgan fingerprint density at radius 3 is 2.02 bits per heavy atom. The number of esters is 1. The zero-order chi connectivity index (χ0) is 35.0. The summed E-state index contributed by atoms with van der Waals surface area (Å²) in [4.78, 5) is 50.7. The number of Topliss-reactive ketones (excluding diaryl/α,β-unsaturated/α-hetero) is 1. The van der Waals surface area contributed by atoms with Crippen LogP contribution in [0.15, 0.2) is 97.1 Å². The Morgan fingerprint density at radius 2 is 1.37 bits per heavy atom. The minimum Gasteiger partial charge on any atom is -0.494 e. The van der Waals surface area contributed by atoms with E-state index in [0.29, 0.717) is 46.2 Å². The van der Waals surface area contributed by atoms with Crippen LogP contribution in [-0.2, 0) is 11.2 Å². The predicted molar refractivity (Wildman–Crippen MR) is 190 cm³/mol. The lowest BCUT2D eigenvalue weighted by Crippen LogP contribution is -2.41. The molecule has 256 valence electrons. The molecule has 0 spiro atoms. The van der Waals surface area contributed by atoms with Crippen LogP contribution < -0.4 is 30.2 Å². The summed E-state index contributed by atoms with van der Waals surface area (Å²) >= 11 is 0. The molecule has 0 aliphatic rings. The molecule has 4 rings (SSSR count). The van der Waals surface area contributed by atoms with Gasteiger partial charge in [0.05, 0.1) is 25.3 Å². The molecule has 1 atom stereocenters. The number of para-hydroxylation sites is 1. The van der Waals surface area contributed by atoms with Crippen molar-refractivity contribution in [2.45, 2.75) is 58.4 Å². The molecule has 49 heavy (non-hydrogen) atoms. The molecular formula is C39H43N3O7. The van der Waals surface area contributed by atoms with Crippen molar-refractivity contribution in [3.63, 3.8) is 0 Å². The van der Waals surface area contributed by atoms with Crippen LogP contribution in [0.4, 0.5) is 16.2 Å². The van der Waals surface area contributed by atoms with Crippen LogP contribution in [0.1, 0.15) is 72.2 Å². The zero-order valence-corrected chi connectivity index (χ0v) is 28.1. The standard InChI is InChI=1S/C39H43N3O7/c1-4-5-6-7-11-24-48-33-21-17-30(18-22-33)38(45)49-35-23-14-28(26-36(35)47-3)25-34(27(2)43)42-37(44)29-15-19-32(20-16-29)41-39(46)40-31-12-9-8-10-13-31/h8-10,12-23,26,34H,4-7,11,24-25H2,1-3H3,(H,42,44)(H2,40,41,46).